The van der Waals surface area contributed by atoms with Gasteiger partial charge in [0.05, 0.1) is 0 Å². The quantitative estimate of drug-likeness (QED) is 0.891. The van der Waals surface area contributed by atoms with E-state index >= 15 is 0 Å². The van der Waals surface area contributed by atoms with Crippen molar-refractivity contribution >= 4 is 5.69 Å². The number of piperidine rings is 1. The number of aromatic nitrogens is 3. The van der Waals surface area contributed by atoms with Gasteiger partial charge in [0.1, 0.15) is 6.33 Å². The van der Waals surface area contributed by atoms with Crippen LogP contribution in [0, 0.1) is 5.92 Å². The molecular formula is C15H21N5. The van der Waals surface area contributed by atoms with Crippen molar-refractivity contribution in [3.05, 3.63) is 30.6 Å². The van der Waals surface area contributed by atoms with Crippen LogP contribution in [0.4, 0.5) is 5.69 Å². The maximum absolute atomic E-state index is 4.12. The lowest BCUT2D eigenvalue weighted by Gasteiger charge is -2.23. The molecule has 1 aliphatic rings. The second-order valence-corrected chi connectivity index (χ2v) is 5.42. The number of anilines is 1. The summed E-state index contributed by atoms with van der Waals surface area (Å²) in [5, 5.41) is 15.0. The number of aryl methyl sites for hydroxylation is 1. The second kappa shape index (κ2) is 6.05. The highest BCUT2D eigenvalue weighted by Crippen LogP contribution is 2.19. The van der Waals surface area contributed by atoms with Gasteiger partial charge in [0.15, 0.2) is 5.82 Å². The number of hydrogen-bond donors (Lipinski definition) is 2. The fourth-order valence-corrected chi connectivity index (χ4v) is 2.63. The normalized spacial score (nSPS) is 16.2. The minimum Gasteiger partial charge on any atom is -0.385 e. The Bertz CT molecular complexity index is 540. The van der Waals surface area contributed by atoms with Crippen molar-refractivity contribution in [2.24, 2.45) is 13.0 Å². The molecule has 0 bridgehead atoms. The van der Waals surface area contributed by atoms with Crippen LogP contribution in [0.1, 0.15) is 12.8 Å². The Morgan fingerprint density at radius 1 is 1.25 bits per heavy atom. The summed E-state index contributed by atoms with van der Waals surface area (Å²) in [7, 11) is 1.96. The summed E-state index contributed by atoms with van der Waals surface area (Å²) in [5.41, 5.74) is 2.27. The molecule has 2 aromatic rings. The Kier molecular flexibility index (Phi) is 3.97. The fraction of sp³-hybridized carbons (Fsp3) is 0.467. The molecule has 1 aromatic carbocycles. The molecule has 1 fully saturated rings. The van der Waals surface area contributed by atoms with Crippen molar-refractivity contribution in [2.45, 2.75) is 12.8 Å². The molecule has 2 N–H and O–H groups in total. The van der Waals surface area contributed by atoms with Crippen LogP contribution in [0.15, 0.2) is 30.6 Å². The zero-order chi connectivity index (χ0) is 13.8. The van der Waals surface area contributed by atoms with Crippen LogP contribution in [0.5, 0.6) is 0 Å². The summed E-state index contributed by atoms with van der Waals surface area (Å²) in [4.78, 5) is 0. The zero-order valence-electron chi connectivity index (χ0n) is 11.8. The first-order valence-corrected chi connectivity index (χ1v) is 7.22. The lowest BCUT2D eigenvalue weighted by molar-refractivity contribution is 0.390. The van der Waals surface area contributed by atoms with Crippen molar-refractivity contribution in [3.63, 3.8) is 0 Å². The van der Waals surface area contributed by atoms with E-state index in [9.17, 15) is 0 Å². The van der Waals surface area contributed by atoms with Gasteiger partial charge in [-0.1, -0.05) is 0 Å². The van der Waals surface area contributed by atoms with E-state index in [0.29, 0.717) is 0 Å². The zero-order valence-corrected chi connectivity index (χ0v) is 11.8. The van der Waals surface area contributed by atoms with Crippen molar-refractivity contribution in [3.8, 4) is 11.4 Å². The minimum atomic E-state index is 0.787. The Morgan fingerprint density at radius 2 is 2.00 bits per heavy atom. The van der Waals surface area contributed by atoms with E-state index in [0.717, 1.165) is 36.9 Å². The molecule has 5 heteroatoms. The molecule has 0 aliphatic carbocycles. The van der Waals surface area contributed by atoms with E-state index in [-0.39, 0.29) is 0 Å². The Hall–Kier alpha value is -1.88. The van der Waals surface area contributed by atoms with Crippen LogP contribution in [-0.2, 0) is 7.05 Å². The molecule has 106 valence electrons. The molecule has 0 spiro atoms. The lowest BCUT2D eigenvalue weighted by Crippen LogP contribution is -2.31. The smallest absolute Gasteiger partial charge is 0.163 e. The van der Waals surface area contributed by atoms with E-state index in [1.54, 1.807) is 6.33 Å². The molecule has 2 heterocycles. The van der Waals surface area contributed by atoms with Crippen molar-refractivity contribution < 1.29 is 0 Å². The highest BCUT2D eigenvalue weighted by molar-refractivity contribution is 5.59. The molecule has 1 aromatic heterocycles. The molecule has 5 nitrogen and oxygen atoms in total. The van der Waals surface area contributed by atoms with E-state index in [4.69, 9.17) is 0 Å². The van der Waals surface area contributed by atoms with Crippen LogP contribution in [0.25, 0.3) is 11.4 Å². The van der Waals surface area contributed by atoms with Crippen LogP contribution >= 0.6 is 0 Å². The van der Waals surface area contributed by atoms with Gasteiger partial charge >= 0.3 is 0 Å². The summed E-state index contributed by atoms with van der Waals surface area (Å²) >= 11 is 0. The highest BCUT2D eigenvalue weighted by atomic mass is 15.2. The number of rotatable bonds is 4. The summed E-state index contributed by atoms with van der Waals surface area (Å²) in [6.07, 6.45) is 4.26. The SMILES string of the molecule is Cn1cnnc1-c1ccc(NCC2CCNCC2)cc1. The molecule has 20 heavy (non-hydrogen) atoms. The van der Waals surface area contributed by atoms with E-state index in [1.165, 1.54) is 18.5 Å². The van der Waals surface area contributed by atoms with Gasteiger partial charge in [0, 0.05) is 24.8 Å². The molecule has 1 aliphatic heterocycles. The first-order chi connectivity index (χ1) is 9.83. The maximum Gasteiger partial charge on any atom is 0.163 e. The Labute approximate surface area is 119 Å². The fourth-order valence-electron chi connectivity index (χ4n) is 2.63. The topological polar surface area (TPSA) is 54.8 Å². The molecule has 0 unspecified atom stereocenters. The average molecular weight is 271 g/mol. The van der Waals surface area contributed by atoms with Gasteiger partial charge in [-0.15, -0.1) is 10.2 Å². The first-order valence-electron chi connectivity index (χ1n) is 7.22. The molecule has 0 amide bonds. The van der Waals surface area contributed by atoms with Gasteiger partial charge in [0.2, 0.25) is 0 Å². The minimum absolute atomic E-state index is 0.787. The summed E-state index contributed by atoms with van der Waals surface area (Å²) in [6.45, 7) is 3.36. The summed E-state index contributed by atoms with van der Waals surface area (Å²) in [5.74, 6) is 1.68. The Morgan fingerprint density at radius 3 is 2.65 bits per heavy atom. The van der Waals surface area contributed by atoms with E-state index in [1.807, 2.05) is 11.6 Å². The van der Waals surface area contributed by atoms with Crippen LogP contribution in [0.2, 0.25) is 0 Å². The van der Waals surface area contributed by atoms with Gasteiger partial charge in [-0.3, -0.25) is 0 Å². The standard InChI is InChI=1S/C15H21N5/c1-20-11-18-19-15(20)13-2-4-14(5-3-13)17-10-12-6-8-16-9-7-12/h2-5,11-12,16-17H,6-10H2,1H3. The van der Waals surface area contributed by atoms with Crippen molar-refractivity contribution in [2.75, 3.05) is 25.0 Å². The van der Waals surface area contributed by atoms with Crippen LogP contribution < -0.4 is 10.6 Å². The van der Waals surface area contributed by atoms with Gasteiger partial charge in [0.25, 0.3) is 0 Å². The summed E-state index contributed by atoms with van der Waals surface area (Å²) in [6, 6.07) is 8.42. The third-order valence-electron chi connectivity index (χ3n) is 3.91. The molecule has 0 radical (unpaired) electrons. The third-order valence-corrected chi connectivity index (χ3v) is 3.91. The molecule has 0 saturated carbocycles. The highest BCUT2D eigenvalue weighted by Gasteiger charge is 2.12. The number of nitrogens with zero attached hydrogens (tertiary/aromatic N) is 3. The van der Waals surface area contributed by atoms with Gasteiger partial charge < -0.3 is 15.2 Å². The molecular weight excluding hydrogens is 250 g/mol. The second-order valence-electron chi connectivity index (χ2n) is 5.42. The molecule has 1 saturated heterocycles. The number of benzene rings is 1. The largest absolute Gasteiger partial charge is 0.385 e. The van der Waals surface area contributed by atoms with Crippen molar-refractivity contribution in [1.29, 1.82) is 0 Å². The van der Waals surface area contributed by atoms with Gasteiger partial charge in [-0.25, -0.2) is 0 Å². The molecule has 3 rings (SSSR count). The van der Waals surface area contributed by atoms with Crippen molar-refractivity contribution in [1.82, 2.24) is 20.1 Å². The number of nitrogens with one attached hydrogen (secondary N) is 2. The first kappa shape index (κ1) is 13.1. The Balaban J connectivity index is 1.60. The lowest BCUT2D eigenvalue weighted by atomic mass is 9.98. The van der Waals surface area contributed by atoms with E-state index in [2.05, 4.69) is 45.1 Å². The van der Waals surface area contributed by atoms with Crippen LogP contribution in [-0.4, -0.2) is 34.4 Å². The van der Waals surface area contributed by atoms with Crippen LogP contribution in [0.3, 0.4) is 0 Å². The molecule has 0 atom stereocenters. The monoisotopic (exact) mass is 271 g/mol. The number of hydrogen-bond acceptors (Lipinski definition) is 4. The predicted octanol–water partition coefficient (Wildman–Crippen LogP) is 1.89. The van der Waals surface area contributed by atoms with Gasteiger partial charge in [-0.2, -0.15) is 0 Å². The predicted molar refractivity (Wildman–Crippen MR) is 80.5 cm³/mol. The maximum atomic E-state index is 4.12. The summed E-state index contributed by atoms with van der Waals surface area (Å²) < 4.78 is 1.93. The van der Waals surface area contributed by atoms with Gasteiger partial charge in [-0.05, 0) is 56.1 Å². The third kappa shape index (κ3) is 2.99. The average Bonchev–Trinajstić information content (AvgIpc) is 2.93. The van der Waals surface area contributed by atoms with E-state index < -0.39 is 0 Å².